The number of benzene rings is 1. The van der Waals surface area contributed by atoms with Gasteiger partial charge in [-0.25, -0.2) is 4.68 Å². The van der Waals surface area contributed by atoms with E-state index in [1.165, 1.54) is 0 Å². The van der Waals surface area contributed by atoms with E-state index in [4.69, 9.17) is 10.5 Å². The minimum Gasteiger partial charge on any atom is -0.491 e. The molecule has 0 aliphatic carbocycles. The Morgan fingerprint density at radius 3 is 2.42 bits per heavy atom. The third-order valence-electron chi connectivity index (χ3n) is 2.72. The van der Waals surface area contributed by atoms with Crippen molar-refractivity contribution in [2.45, 2.75) is 33.4 Å². The van der Waals surface area contributed by atoms with E-state index in [0.29, 0.717) is 6.54 Å². The predicted octanol–water partition coefficient (Wildman–Crippen LogP) is 3.21. The summed E-state index contributed by atoms with van der Waals surface area (Å²) in [7, 11) is 0. The summed E-state index contributed by atoms with van der Waals surface area (Å²) in [4.78, 5) is 0. The molecule has 0 saturated carbocycles. The molecule has 0 fully saturated rings. The lowest BCUT2D eigenvalue weighted by Gasteiger charge is -2.10. The number of nitrogens with zero attached hydrogens (tertiary/aromatic N) is 2. The normalized spacial score (nSPS) is 11.0. The van der Waals surface area contributed by atoms with Gasteiger partial charge in [0.05, 0.1) is 21.9 Å². The van der Waals surface area contributed by atoms with Crippen molar-refractivity contribution >= 4 is 28.4 Å². The molecule has 0 atom stereocenters. The molecule has 5 heteroatoms. The molecule has 102 valence electrons. The van der Waals surface area contributed by atoms with Gasteiger partial charge in [-0.1, -0.05) is 12.1 Å². The first-order chi connectivity index (χ1) is 8.97. The van der Waals surface area contributed by atoms with Gasteiger partial charge in [-0.2, -0.15) is 5.10 Å². The van der Waals surface area contributed by atoms with Gasteiger partial charge in [0, 0.05) is 0 Å². The van der Waals surface area contributed by atoms with Crippen LogP contribution in [0.1, 0.15) is 25.1 Å². The summed E-state index contributed by atoms with van der Waals surface area (Å²) in [6.07, 6.45) is 0.192. The summed E-state index contributed by atoms with van der Waals surface area (Å²) in [6.45, 7) is 6.68. The van der Waals surface area contributed by atoms with Gasteiger partial charge in [-0.05, 0) is 61.1 Å². The molecule has 0 saturated heterocycles. The number of nitrogens with two attached hydrogens (primary N) is 1. The molecule has 2 aromatic rings. The molecule has 19 heavy (non-hydrogen) atoms. The number of ether oxygens (including phenoxy) is 1. The van der Waals surface area contributed by atoms with Crippen LogP contribution in [0.2, 0.25) is 0 Å². The average Bonchev–Trinajstić information content (AvgIpc) is 2.59. The smallest absolute Gasteiger partial charge is 0.135 e. The molecule has 1 heterocycles. The minimum atomic E-state index is 0.192. The summed E-state index contributed by atoms with van der Waals surface area (Å²) in [5.41, 5.74) is 8.14. The summed E-state index contributed by atoms with van der Waals surface area (Å²) < 4.78 is 8.47. The van der Waals surface area contributed by atoms with Crippen molar-refractivity contribution < 1.29 is 4.74 Å². The highest BCUT2D eigenvalue weighted by atomic mass is 127. The van der Waals surface area contributed by atoms with Gasteiger partial charge in [0.25, 0.3) is 0 Å². The number of nitrogen functional groups attached to an aromatic ring is 1. The molecular weight excluding hydrogens is 353 g/mol. The van der Waals surface area contributed by atoms with Crippen LogP contribution in [0.4, 0.5) is 5.82 Å². The topological polar surface area (TPSA) is 53.1 Å². The van der Waals surface area contributed by atoms with E-state index in [0.717, 1.165) is 26.4 Å². The second-order valence-electron chi connectivity index (χ2n) is 4.75. The zero-order valence-electron chi connectivity index (χ0n) is 11.4. The first-order valence-electron chi connectivity index (χ1n) is 6.21. The number of aromatic nitrogens is 2. The highest BCUT2D eigenvalue weighted by Crippen LogP contribution is 2.20. The van der Waals surface area contributed by atoms with E-state index in [1.54, 1.807) is 0 Å². The van der Waals surface area contributed by atoms with Gasteiger partial charge in [0.2, 0.25) is 0 Å². The van der Waals surface area contributed by atoms with E-state index in [-0.39, 0.29) is 6.10 Å². The number of hydrogen-bond acceptors (Lipinski definition) is 3. The lowest BCUT2D eigenvalue weighted by molar-refractivity contribution is 0.242. The van der Waals surface area contributed by atoms with Gasteiger partial charge in [-0.3, -0.25) is 0 Å². The third kappa shape index (κ3) is 3.40. The summed E-state index contributed by atoms with van der Waals surface area (Å²) >= 11 is 2.22. The molecule has 0 unspecified atom stereocenters. The first-order valence-corrected chi connectivity index (χ1v) is 7.29. The third-order valence-corrected chi connectivity index (χ3v) is 4.05. The molecule has 0 amide bonds. The number of rotatable bonds is 4. The molecule has 0 spiro atoms. The number of aryl methyl sites for hydroxylation is 1. The van der Waals surface area contributed by atoms with Crippen LogP contribution in [0.15, 0.2) is 24.3 Å². The highest BCUT2D eigenvalue weighted by molar-refractivity contribution is 14.1. The predicted molar refractivity (Wildman–Crippen MR) is 85.4 cm³/mol. The van der Waals surface area contributed by atoms with Crippen LogP contribution in [-0.2, 0) is 6.54 Å². The van der Waals surface area contributed by atoms with E-state index in [2.05, 4.69) is 27.7 Å². The van der Waals surface area contributed by atoms with Gasteiger partial charge < -0.3 is 10.5 Å². The van der Waals surface area contributed by atoms with Gasteiger partial charge in [-0.15, -0.1) is 0 Å². The number of halogens is 1. The van der Waals surface area contributed by atoms with Crippen molar-refractivity contribution in [3.8, 4) is 5.75 Å². The van der Waals surface area contributed by atoms with E-state index >= 15 is 0 Å². The quantitative estimate of drug-likeness (QED) is 0.840. The zero-order chi connectivity index (χ0) is 14.0. The molecule has 2 N–H and O–H groups in total. The molecule has 1 aromatic heterocycles. The average molecular weight is 371 g/mol. The van der Waals surface area contributed by atoms with Crippen molar-refractivity contribution in [3.05, 3.63) is 39.1 Å². The van der Waals surface area contributed by atoms with Crippen LogP contribution in [-0.4, -0.2) is 15.9 Å². The Hall–Kier alpha value is -1.24. The van der Waals surface area contributed by atoms with Crippen LogP contribution in [0.3, 0.4) is 0 Å². The van der Waals surface area contributed by atoms with Gasteiger partial charge in [0.15, 0.2) is 0 Å². The molecule has 0 radical (unpaired) electrons. The van der Waals surface area contributed by atoms with E-state index in [1.807, 2.05) is 49.7 Å². The number of hydrogen-bond donors (Lipinski definition) is 1. The lowest BCUT2D eigenvalue weighted by atomic mass is 10.2. The Morgan fingerprint density at radius 1 is 1.32 bits per heavy atom. The van der Waals surface area contributed by atoms with Crippen molar-refractivity contribution in [2.24, 2.45) is 0 Å². The fraction of sp³-hybridized carbons (Fsp3) is 0.357. The van der Waals surface area contributed by atoms with Crippen LogP contribution in [0, 0.1) is 10.5 Å². The van der Waals surface area contributed by atoms with Gasteiger partial charge >= 0.3 is 0 Å². The van der Waals surface area contributed by atoms with E-state index in [9.17, 15) is 0 Å². The fourth-order valence-electron chi connectivity index (χ4n) is 1.82. The van der Waals surface area contributed by atoms with Crippen LogP contribution in [0.25, 0.3) is 0 Å². The zero-order valence-corrected chi connectivity index (χ0v) is 13.5. The maximum Gasteiger partial charge on any atom is 0.135 e. The van der Waals surface area contributed by atoms with Crippen molar-refractivity contribution in [1.82, 2.24) is 9.78 Å². The second kappa shape index (κ2) is 5.81. The Bertz CT molecular complexity index is 561. The Balaban J connectivity index is 2.13. The second-order valence-corrected chi connectivity index (χ2v) is 5.83. The highest BCUT2D eigenvalue weighted by Gasteiger charge is 2.09. The van der Waals surface area contributed by atoms with Crippen molar-refractivity contribution in [3.63, 3.8) is 0 Å². The summed E-state index contributed by atoms with van der Waals surface area (Å²) in [5, 5.41) is 4.43. The molecule has 2 rings (SSSR count). The molecular formula is C14H18IN3O. The summed E-state index contributed by atoms with van der Waals surface area (Å²) in [5.74, 6) is 1.61. The standard InChI is InChI=1S/C14H18IN3O/c1-9(2)19-12-6-4-11(5-7-12)8-18-14(16)13(15)10(3)17-18/h4-7,9H,8,16H2,1-3H3. The fourth-order valence-corrected chi connectivity index (χ4v) is 2.20. The Labute approximate surface area is 127 Å². The Kier molecular flexibility index (Phi) is 4.34. The van der Waals surface area contributed by atoms with E-state index < -0.39 is 0 Å². The first kappa shape index (κ1) is 14.2. The molecule has 4 nitrogen and oxygen atoms in total. The maximum absolute atomic E-state index is 6.02. The molecule has 0 aliphatic heterocycles. The van der Waals surface area contributed by atoms with Crippen LogP contribution < -0.4 is 10.5 Å². The largest absolute Gasteiger partial charge is 0.491 e. The lowest BCUT2D eigenvalue weighted by Crippen LogP contribution is -2.07. The van der Waals surface area contributed by atoms with Gasteiger partial charge in [0.1, 0.15) is 11.6 Å². The van der Waals surface area contributed by atoms with Crippen LogP contribution >= 0.6 is 22.6 Å². The maximum atomic E-state index is 6.02. The van der Waals surface area contributed by atoms with Crippen molar-refractivity contribution in [1.29, 1.82) is 0 Å². The Morgan fingerprint density at radius 2 is 1.95 bits per heavy atom. The molecule has 0 bridgehead atoms. The molecule has 0 aliphatic rings. The SMILES string of the molecule is Cc1nn(Cc2ccc(OC(C)C)cc2)c(N)c1I. The van der Waals surface area contributed by atoms with Crippen molar-refractivity contribution in [2.75, 3.05) is 5.73 Å². The van der Waals surface area contributed by atoms with Crippen LogP contribution in [0.5, 0.6) is 5.75 Å². The number of anilines is 1. The molecule has 1 aromatic carbocycles. The minimum absolute atomic E-state index is 0.192. The monoisotopic (exact) mass is 371 g/mol. The summed E-state index contributed by atoms with van der Waals surface area (Å²) in [6, 6.07) is 8.04.